The molecule has 1 aromatic carbocycles. The fourth-order valence-electron chi connectivity index (χ4n) is 4.77. The first kappa shape index (κ1) is 13.8. The number of nitrogens with one attached hydrogen (secondary N) is 1. The van der Waals surface area contributed by atoms with Crippen molar-refractivity contribution in [3.05, 3.63) is 35.4 Å². The largest absolute Gasteiger partial charge is 0.378 e. The molecule has 2 fully saturated rings. The number of benzene rings is 1. The Morgan fingerprint density at radius 1 is 1.00 bits per heavy atom. The molecule has 4 rings (SSSR count). The van der Waals surface area contributed by atoms with Gasteiger partial charge in [-0.2, -0.15) is 0 Å². The van der Waals surface area contributed by atoms with Gasteiger partial charge in [0.1, 0.15) is 0 Å². The van der Waals surface area contributed by atoms with Gasteiger partial charge in [-0.15, -0.1) is 0 Å². The molecule has 0 spiro atoms. The van der Waals surface area contributed by atoms with Crippen LogP contribution in [0, 0.1) is 11.8 Å². The topological polar surface area (TPSA) is 21.3 Å². The number of hydrogen-bond acceptors (Lipinski definition) is 2. The van der Waals surface area contributed by atoms with E-state index in [9.17, 15) is 0 Å². The lowest BCUT2D eigenvalue weighted by atomic mass is 9.94. The molecule has 1 saturated heterocycles. The van der Waals surface area contributed by atoms with E-state index in [2.05, 4.69) is 29.6 Å². The Balaban J connectivity index is 1.38. The van der Waals surface area contributed by atoms with Crippen molar-refractivity contribution in [3.63, 3.8) is 0 Å². The Hall–Kier alpha value is -0.860. The van der Waals surface area contributed by atoms with Crippen molar-refractivity contribution in [2.75, 3.05) is 13.2 Å². The van der Waals surface area contributed by atoms with Gasteiger partial charge in [-0.25, -0.2) is 0 Å². The molecule has 3 atom stereocenters. The molecule has 1 saturated carbocycles. The van der Waals surface area contributed by atoms with E-state index in [1.54, 1.807) is 11.1 Å². The van der Waals surface area contributed by atoms with Crippen molar-refractivity contribution in [1.82, 2.24) is 5.32 Å². The monoisotopic (exact) mass is 285 g/mol. The summed E-state index contributed by atoms with van der Waals surface area (Å²) in [5, 5.41) is 3.91. The van der Waals surface area contributed by atoms with E-state index < -0.39 is 0 Å². The molecule has 2 aliphatic carbocycles. The van der Waals surface area contributed by atoms with Crippen LogP contribution < -0.4 is 5.32 Å². The maximum Gasteiger partial charge on any atom is 0.0588 e. The second-order valence-corrected chi connectivity index (χ2v) is 7.18. The van der Waals surface area contributed by atoms with Gasteiger partial charge >= 0.3 is 0 Å². The predicted octanol–water partition coefficient (Wildman–Crippen LogP) is 3.34. The Bertz CT molecular complexity index is 447. The van der Waals surface area contributed by atoms with Gasteiger partial charge in [0.05, 0.1) is 6.10 Å². The third-order valence-corrected chi connectivity index (χ3v) is 5.88. The average Bonchev–Trinajstić information content (AvgIpc) is 3.08. The summed E-state index contributed by atoms with van der Waals surface area (Å²) in [4.78, 5) is 0. The molecule has 1 N–H and O–H groups in total. The summed E-state index contributed by atoms with van der Waals surface area (Å²) >= 11 is 0. The predicted molar refractivity (Wildman–Crippen MR) is 85.4 cm³/mol. The Morgan fingerprint density at radius 2 is 1.71 bits per heavy atom. The van der Waals surface area contributed by atoms with E-state index in [0.29, 0.717) is 6.10 Å². The van der Waals surface area contributed by atoms with Crippen LogP contribution in [0.4, 0.5) is 0 Å². The maximum absolute atomic E-state index is 5.75. The van der Waals surface area contributed by atoms with E-state index in [0.717, 1.165) is 31.0 Å². The Kier molecular flexibility index (Phi) is 4.00. The zero-order chi connectivity index (χ0) is 14.1. The molecule has 1 aliphatic heterocycles. The molecule has 0 amide bonds. The van der Waals surface area contributed by atoms with E-state index in [-0.39, 0.29) is 0 Å². The normalized spacial score (nSPS) is 34.7. The highest BCUT2D eigenvalue weighted by Gasteiger charge is 2.38. The van der Waals surface area contributed by atoms with Gasteiger partial charge in [0.2, 0.25) is 0 Å². The van der Waals surface area contributed by atoms with Crippen molar-refractivity contribution in [3.8, 4) is 0 Å². The van der Waals surface area contributed by atoms with Gasteiger partial charge in [-0.05, 0) is 74.5 Å². The van der Waals surface area contributed by atoms with Crippen LogP contribution in [0.25, 0.3) is 0 Å². The van der Waals surface area contributed by atoms with Gasteiger partial charge in [0.15, 0.2) is 0 Å². The molecule has 114 valence electrons. The average molecular weight is 285 g/mol. The van der Waals surface area contributed by atoms with Gasteiger partial charge in [-0.1, -0.05) is 24.3 Å². The zero-order valence-electron chi connectivity index (χ0n) is 12.9. The quantitative estimate of drug-likeness (QED) is 0.916. The molecule has 21 heavy (non-hydrogen) atoms. The first-order valence-corrected chi connectivity index (χ1v) is 8.82. The van der Waals surface area contributed by atoms with Crippen LogP contribution in [-0.2, 0) is 17.6 Å². The van der Waals surface area contributed by atoms with E-state index in [1.807, 2.05) is 0 Å². The highest BCUT2D eigenvalue weighted by molar-refractivity contribution is 5.30. The first-order chi connectivity index (χ1) is 10.4. The summed E-state index contributed by atoms with van der Waals surface area (Å²) in [6.07, 6.45) is 9.64. The molecule has 1 heterocycles. The summed E-state index contributed by atoms with van der Waals surface area (Å²) in [5.74, 6) is 1.70. The smallest absolute Gasteiger partial charge is 0.0588 e. The van der Waals surface area contributed by atoms with E-state index in [1.165, 1.54) is 44.9 Å². The first-order valence-electron chi connectivity index (χ1n) is 8.82. The summed E-state index contributed by atoms with van der Waals surface area (Å²) < 4.78 is 5.75. The maximum atomic E-state index is 5.75. The van der Waals surface area contributed by atoms with Crippen LogP contribution in [0.1, 0.15) is 43.2 Å². The van der Waals surface area contributed by atoms with Crippen LogP contribution in [0.15, 0.2) is 24.3 Å². The molecule has 3 aliphatic rings. The van der Waals surface area contributed by atoms with E-state index in [4.69, 9.17) is 4.74 Å². The number of hydrogen-bond donors (Lipinski definition) is 1. The van der Waals surface area contributed by atoms with Crippen molar-refractivity contribution >= 4 is 0 Å². The second kappa shape index (κ2) is 6.10. The molecule has 1 aromatic rings. The minimum Gasteiger partial charge on any atom is -0.378 e. The molecular weight excluding hydrogens is 258 g/mol. The lowest BCUT2D eigenvalue weighted by Crippen LogP contribution is -2.39. The highest BCUT2D eigenvalue weighted by atomic mass is 16.5. The van der Waals surface area contributed by atoms with Gasteiger partial charge < -0.3 is 10.1 Å². The van der Waals surface area contributed by atoms with Crippen LogP contribution in [0.2, 0.25) is 0 Å². The van der Waals surface area contributed by atoms with Crippen molar-refractivity contribution in [2.45, 2.75) is 57.1 Å². The summed E-state index contributed by atoms with van der Waals surface area (Å²) in [6, 6.07) is 9.84. The van der Waals surface area contributed by atoms with Crippen LogP contribution in [-0.4, -0.2) is 25.3 Å². The third-order valence-electron chi connectivity index (χ3n) is 5.88. The van der Waals surface area contributed by atoms with Gasteiger partial charge in [-0.3, -0.25) is 0 Å². The summed E-state index contributed by atoms with van der Waals surface area (Å²) in [5.41, 5.74) is 3.21. The number of fused-ring (bicyclic) bond motifs is 3. The number of ether oxygens (including phenoxy) is 1. The molecule has 2 bridgehead atoms. The SMILES string of the molecule is c1ccc2c(c1)CC1CCC(C2)C1NCCC1CCCO1. The number of rotatable bonds is 4. The molecular formula is C19H27NO. The highest BCUT2D eigenvalue weighted by Crippen LogP contribution is 2.40. The Labute approximate surface area is 128 Å². The van der Waals surface area contributed by atoms with Crippen molar-refractivity contribution in [1.29, 1.82) is 0 Å². The molecule has 3 unspecified atom stereocenters. The lowest BCUT2D eigenvalue weighted by Gasteiger charge is -2.24. The minimum atomic E-state index is 0.526. The fourth-order valence-corrected chi connectivity index (χ4v) is 4.77. The van der Waals surface area contributed by atoms with E-state index >= 15 is 0 Å². The molecule has 0 radical (unpaired) electrons. The van der Waals surface area contributed by atoms with Crippen LogP contribution in [0.5, 0.6) is 0 Å². The fraction of sp³-hybridized carbons (Fsp3) is 0.684. The second-order valence-electron chi connectivity index (χ2n) is 7.18. The van der Waals surface area contributed by atoms with Crippen molar-refractivity contribution in [2.24, 2.45) is 11.8 Å². The lowest BCUT2D eigenvalue weighted by molar-refractivity contribution is 0.102. The molecule has 2 heteroatoms. The van der Waals surface area contributed by atoms with Crippen LogP contribution in [0.3, 0.4) is 0 Å². The van der Waals surface area contributed by atoms with Crippen molar-refractivity contribution < 1.29 is 4.74 Å². The standard InChI is InChI=1S/C19H27NO/c1-2-5-15-13-17-8-7-16(12-14(15)4-1)19(17)20-10-9-18-6-3-11-21-18/h1-2,4-5,16-20H,3,6-13H2. The van der Waals surface area contributed by atoms with Gasteiger partial charge in [0.25, 0.3) is 0 Å². The zero-order valence-corrected chi connectivity index (χ0v) is 12.9. The van der Waals surface area contributed by atoms with Crippen LogP contribution >= 0.6 is 0 Å². The Morgan fingerprint density at radius 3 is 2.33 bits per heavy atom. The minimum absolute atomic E-state index is 0.526. The summed E-state index contributed by atoms with van der Waals surface area (Å²) in [6.45, 7) is 2.12. The van der Waals surface area contributed by atoms with Gasteiger partial charge in [0, 0.05) is 12.6 Å². The summed E-state index contributed by atoms with van der Waals surface area (Å²) in [7, 11) is 0. The molecule has 0 aromatic heterocycles. The molecule has 2 nitrogen and oxygen atoms in total. The third kappa shape index (κ3) is 2.89.